The molecule has 0 aliphatic heterocycles. The van der Waals surface area contributed by atoms with Gasteiger partial charge in [0, 0.05) is 34.9 Å². The van der Waals surface area contributed by atoms with Crippen LogP contribution in [0.5, 0.6) is 0 Å². The first-order valence-corrected chi connectivity index (χ1v) is 14.2. The van der Waals surface area contributed by atoms with Crippen LogP contribution in [0.4, 0.5) is 0 Å². The van der Waals surface area contributed by atoms with Crippen LogP contribution in [0.1, 0.15) is 12.0 Å². The molecule has 0 fully saturated rings. The number of rotatable bonds is 10. The molecule has 0 aliphatic rings. The van der Waals surface area contributed by atoms with Gasteiger partial charge in [0.1, 0.15) is 35.7 Å². The molecule has 0 amide bonds. The van der Waals surface area contributed by atoms with Gasteiger partial charge in [0.2, 0.25) is 0 Å². The van der Waals surface area contributed by atoms with Crippen molar-refractivity contribution in [3.05, 3.63) is 52.6 Å². The maximum absolute atomic E-state index is 13.4. The smallest absolute Gasteiger partial charge is 0.279 e. The second-order valence-corrected chi connectivity index (χ2v) is 14.4. The van der Waals surface area contributed by atoms with Gasteiger partial charge in [-0.05, 0) is 18.0 Å². The topological polar surface area (TPSA) is 82.1 Å². The van der Waals surface area contributed by atoms with Gasteiger partial charge in [-0.15, -0.1) is 0 Å². The standard InChI is InChI=1S/C23H30N4O3Si/c1-29-12-8-11-27-21(18-9-6-5-7-10-18)19(15-24)20-22(27)23(28)26(16-25-20)17-30-13-14-31(2,3)4/h5-7,9-10,16H,8,11-14,17H2,1-4H3. The van der Waals surface area contributed by atoms with E-state index in [-0.39, 0.29) is 12.3 Å². The monoisotopic (exact) mass is 438 g/mol. The van der Waals surface area contributed by atoms with Crippen molar-refractivity contribution >= 4 is 19.1 Å². The predicted molar refractivity (Wildman–Crippen MR) is 125 cm³/mol. The summed E-state index contributed by atoms with van der Waals surface area (Å²) in [4.78, 5) is 17.9. The highest BCUT2D eigenvalue weighted by Crippen LogP contribution is 2.31. The van der Waals surface area contributed by atoms with Gasteiger partial charge in [0.05, 0.1) is 5.69 Å². The molecule has 0 unspecified atom stereocenters. The lowest BCUT2D eigenvalue weighted by molar-refractivity contribution is 0.0843. The Balaban J connectivity index is 2.07. The molecule has 7 nitrogen and oxygen atoms in total. The van der Waals surface area contributed by atoms with Crippen molar-refractivity contribution in [1.29, 1.82) is 5.26 Å². The van der Waals surface area contributed by atoms with Gasteiger partial charge in [0.25, 0.3) is 5.56 Å². The molecule has 0 aliphatic carbocycles. The van der Waals surface area contributed by atoms with Crippen molar-refractivity contribution in [2.24, 2.45) is 0 Å². The lowest BCUT2D eigenvalue weighted by Gasteiger charge is -2.16. The maximum atomic E-state index is 13.4. The fourth-order valence-corrected chi connectivity index (χ4v) is 4.25. The van der Waals surface area contributed by atoms with E-state index in [4.69, 9.17) is 9.47 Å². The van der Waals surface area contributed by atoms with Gasteiger partial charge in [-0.2, -0.15) is 5.26 Å². The molecule has 0 spiro atoms. The number of aromatic nitrogens is 3. The summed E-state index contributed by atoms with van der Waals surface area (Å²) in [6.45, 7) is 8.75. The summed E-state index contributed by atoms with van der Waals surface area (Å²) in [5.74, 6) is 0. The van der Waals surface area contributed by atoms with Crippen LogP contribution in [0.25, 0.3) is 22.3 Å². The van der Waals surface area contributed by atoms with Crippen LogP contribution in [0, 0.1) is 11.3 Å². The van der Waals surface area contributed by atoms with Gasteiger partial charge in [-0.3, -0.25) is 9.36 Å². The van der Waals surface area contributed by atoms with Crippen LogP contribution < -0.4 is 5.56 Å². The van der Waals surface area contributed by atoms with E-state index in [2.05, 4.69) is 30.7 Å². The highest BCUT2D eigenvalue weighted by Gasteiger charge is 2.23. The number of aryl methyl sites for hydroxylation is 1. The van der Waals surface area contributed by atoms with E-state index in [1.165, 1.54) is 10.9 Å². The molecular formula is C23H30N4O3Si. The minimum atomic E-state index is -1.21. The van der Waals surface area contributed by atoms with E-state index < -0.39 is 8.07 Å². The lowest BCUT2D eigenvalue weighted by atomic mass is 10.1. The first-order valence-electron chi connectivity index (χ1n) is 10.5. The summed E-state index contributed by atoms with van der Waals surface area (Å²) >= 11 is 0. The number of hydrogen-bond donors (Lipinski definition) is 0. The first-order chi connectivity index (χ1) is 14.9. The molecule has 31 heavy (non-hydrogen) atoms. The molecule has 0 saturated heterocycles. The lowest BCUT2D eigenvalue weighted by Crippen LogP contribution is -2.26. The summed E-state index contributed by atoms with van der Waals surface area (Å²) in [6, 6.07) is 13.0. The Bertz CT molecular complexity index is 1120. The minimum absolute atomic E-state index is 0.151. The number of hydrogen-bond acceptors (Lipinski definition) is 5. The molecule has 0 saturated carbocycles. The quantitative estimate of drug-likeness (QED) is 0.352. The van der Waals surface area contributed by atoms with E-state index in [1.54, 1.807) is 7.11 Å². The first kappa shape index (κ1) is 22.9. The van der Waals surface area contributed by atoms with E-state index in [9.17, 15) is 10.1 Å². The zero-order chi connectivity index (χ0) is 22.4. The second-order valence-electron chi connectivity index (χ2n) is 8.76. The molecule has 8 heteroatoms. The van der Waals surface area contributed by atoms with Gasteiger partial charge < -0.3 is 14.0 Å². The number of ether oxygens (including phenoxy) is 2. The van der Waals surface area contributed by atoms with E-state index in [0.717, 1.165) is 17.3 Å². The maximum Gasteiger partial charge on any atom is 0.279 e. The molecule has 3 rings (SSSR count). The number of fused-ring (bicyclic) bond motifs is 1. The molecule has 2 heterocycles. The summed E-state index contributed by atoms with van der Waals surface area (Å²) in [7, 11) is 0.445. The zero-order valence-electron chi connectivity index (χ0n) is 18.7. The average Bonchev–Trinajstić information content (AvgIpc) is 3.07. The summed E-state index contributed by atoms with van der Waals surface area (Å²) in [6.07, 6.45) is 2.19. The van der Waals surface area contributed by atoms with Crippen LogP contribution in [-0.2, 0) is 22.7 Å². The Morgan fingerprint density at radius 3 is 2.55 bits per heavy atom. The van der Waals surface area contributed by atoms with Crippen LogP contribution in [0.2, 0.25) is 25.7 Å². The molecule has 0 N–H and O–H groups in total. The molecule has 3 aromatic rings. The molecule has 1 aromatic carbocycles. The number of methoxy groups -OCH3 is 1. The van der Waals surface area contributed by atoms with Gasteiger partial charge in [-0.1, -0.05) is 50.0 Å². The molecule has 2 aromatic heterocycles. The molecule has 0 radical (unpaired) electrons. The summed E-state index contributed by atoms with van der Waals surface area (Å²) in [5.41, 5.74) is 2.68. The number of nitriles is 1. The van der Waals surface area contributed by atoms with Crippen molar-refractivity contribution in [3.63, 3.8) is 0 Å². The van der Waals surface area contributed by atoms with Crippen LogP contribution in [-0.4, -0.2) is 42.5 Å². The molecular weight excluding hydrogens is 408 g/mol. The molecule has 164 valence electrons. The van der Waals surface area contributed by atoms with Crippen molar-refractivity contribution in [1.82, 2.24) is 14.1 Å². The summed E-state index contributed by atoms with van der Waals surface area (Å²) in [5, 5.41) is 9.91. The van der Waals surface area contributed by atoms with Gasteiger partial charge >= 0.3 is 0 Å². The SMILES string of the molecule is COCCCn1c(-c2ccccc2)c(C#N)c2ncn(COCC[Si](C)(C)C)c(=O)c21. The number of benzene rings is 1. The van der Waals surface area contributed by atoms with Crippen molar-refractivity contribution in [2.45, 2.75) is 45.4 Å². The van der Waals surface area contributed by atoms with E-state index >= 15 is 0 Å². The third kappa shape index (κ3) is 5.31. The Morgan fingerprint density at radius 2 is 1.90 bits per heavy atom. The van der Waals surface area contributed by atoms with Crippen LogP contribution >= 0.6 is 0 Å². The third-order valence-corrected chi connectivity index (χ3v) is 6.85. The Morgan fingerprint density at radius 1 is 1.16 bits per heavy atom. The number of nitrogens with zero attached hydrogens (tertiary/aromatic N) is 4. The van der Waals surface area contributed by atoms with E-state index in [0.29, 0.717) is 42.8 Å². The van der Waals surface area contributed by atoms with Gasteiger partial charge in [0.15, 0.2) is 0 Å². The Labute approximate surface area is 183 Å². The molecule has 0 atom stereocenters. The second kappa shape index (κ2) is 10.0. The fraction of sp³-hybridized carbons (Fsp3) is 0.435. The van der Waals surface area contributed by atoms with Gasteiger partial charge in [-0.25, -0.2) is 4.98 Å². The summed E-state index contributed by atoms with van der Waals surface area (Å²) < 4.78 is 14.4. The van der Waals surface area contributed by atoms with Crippen LogP contribution in [0.3, 0.4) is 0 Å². The minimum Gasteiger partial charge on any atom is -0.385 e. The zero-order valence-corrected chi connectivity index (χ0v) is 19.7. The highest BCUT2D eigenvalue weighted by atomic mass is 28.3. The predicted octanol–water partition coefficient (Wildman–Crippen LogP) is 4.09. The third-order valence-electron chi connectivity index (χ3n) is 5.14. The normalized spacial score (nSPS) is 11.7. The van der Waals surface area contributed by atoms with Crippen molar-refractivity contribution < 1.29 is 9.47 Å². The van der Waals surface area contributed by atoms with Crippen molar-refractivity contribution in [3.8, 4) is 17.3 Å². The molecule has 0 bridgehead atoms. The Kier molecular flexibility index (Phi) is 7.44. The fourth-order valence-electron chi connectivity index (χ4n) is 3.49. The highest BCUT2D eigenvalue weighted by molar-refractivity contribution is 6.76. The average molecular weight is 439 g/mol. The van der Waals surface area contributed by atoms with E-state index in [1.807, 2.05) is 34.9 Å². The largest absolute Gasteiger partial charge is 0.385 e. The van der Waals surface area contributed by atoms with Crippen LogP contribution in [0.15, 0.2) is 41.5 Å². The Hall–Kier alpha value is -2.73. The van der Waals surface area contributed by atoms with Crippen molar-refractivity contribution in [2.75, 3.05) is 20.3 Å².